The summed E-state index contributed by atoms with van der Waals surface area (Å²) in [6.45, 7) is 0. The Labute approximate surface area is 120 Å². The Bertz CT molecular complexity index is 651. The van der Waals surface area contributed by atoms with Crippen LogP contribution in [0.15, 0.2) is 59.5 Å². The van der Waals surface area contributed by atoms with E-state index in [1.807, 2.05) is 18.2 Å². The topological polar surface area (TPSA) is 60.2 Å². The quantitative estimate of drug-likeness (QED) is 0.656. The lowest BCUT2D eigenvalue weighted by atomic mass is 10.1. The Balaban J connectivity index is 1.89. The van der Waals surface area contributed by atoms with Crippen LogP contribution >= 0.6 is 0 Å². The molecule has 2 aromatic rings. The summed E-state index contributed by atoms with van der Waals surface area (Å²) in [7, 11) is -3.27. The van der Waals surface area contributed by atoms with E-state index in [1.54, 1.807) is 24.3 Å². The van der Waals surface area contributed by atoms with Gasteiger partial charge in [0.15, 0.2) is 9.84 Å². The molecule has 0 aliphatic heterocycles. The van der Waals surface area contributed by atoms with Crippen molar-refractivity contribution >= 4 is 15.5 Å². The lowest BCUT2D eigenvalue weighted by Gasteiger charge is -2.07. The predicted octanol–water partition coefficient (Wildman–Crippen LogP) is 3.07. The molecule has 0 aliphatic rings. The minimum absolute atomic E-state index is 0.147. The summed E-state index contributed by atoms with van der Waals surface area (Å²) in [5.74, 6) is 0.147. The minimum atomic E-state index is -3.27. The van der Waals surface area contributed by atoms with E-state index in [-0.39, 0.29) is 10.6 Å². The van der Waals surface area contributed by atoms with E-state index >= 15 is 0 Å². The average molecular weight is 289 g/mol. The van der Waals surface area contributed by atoms with E-state index in [1.165, 1.54) is 5.56 Å². The molecule has 0 unspecified atom stereocenters. The van der Waals surface area contributed by atoms with E-state index in [2.05, 4.69) is 12.1 Å². The fraction of sp³-hybridized carbons (Fsp3) is 0.250. The molecule has 0 bridgehead atoms. The third-order valence-corrected chi connectivity index (χ3v) is 5.09. The molecule has 4 heteroatoms. The first-order valence-electron chi connectivity index (χ1n) is 6.71. The van der Waals surface area contributed by atoms with Gasteiger partial charge in [-0.15, -0.1) is 0 Å². The third kappa shape index (κ3) is 3.84. The highest BCUT2D eigenvalue weighted by Crippen LogP contribution is 2.20. The van der Waals surface area contributed by atoms with Crippen LogP contribution in [0.25, 0.3) is 0 Å². The monoisotopic (exact) mass is 289 g/mol. The molecule has 106 valence electrons. The van der Waals surface area contributed by atoms with Crippen molar-refractivity contribution in [3.05, 3.63) is 60.2 Å². The minimum Gasteiger partial charge on any atom is -0.398 e. The molecule has 2 N–H and O–H groups in total. The highest BCUT2D eigenvalue weighted by atomic mass is 32.2. The number of aryl methyl sites for hydroxylation is 1. The molecule has 2 rings (SSSR count). The largest absolute Gasteiger partial charge is 0.398 e. The fourth-order valence-electron chi connectivity index (χ4n) is 2.14. The summed E-state index contributed by atoms with van der Waals surface area (Å²) in [5, 5.41) is 0. The smallest absolute Gasteiger partial charge is 0.180 e. The number of sulfone groups is 1. The second-order valence-electron chi connectivity index (χ2n) is 4.80. The molecule has 0 aliphatic carbocycles. The van der Waals surface area contributed by atoms with Crippen LogP contribution in [0.3, 0.4) is 0 Å². The van der Waals surface area contributed by atoms with Gasteiger partial charge in [-0.3, -0.25) is 0 Å². The van der Waals surface area contributed by atoms with E-state index in [4.69, 9.17) is 5.73 Å². The number of unbranched alkanes of at least 4 members (excludes halogenated alkanes) is 1. The van der Waals surface area contributed by atoms with Gasteiger partial charge in [0, 0.05) is 0 Å². The first-order valence-corrected chi connectivity index (χ1v) is 8.36. The molecule has 20 heavy (non-hydrogen) atoms. The van der Waals surface area contributed by atoms with Gasteiger partial charge >= 0.3 is 0 Å². The van der Waals surface area contributed by atoms with Crippen LogP contribution in [-0.4, -0.2) is 14.2 Å². The molecule has 3 nitrogen and oxygen atoms in total. The molecule has 2 aromatic carbocycles. The highest BCUT2D eigenvalue weighted by Gasteiger charge is 2.16. The number of nitrogen functional groups attached to an aromatic ring is 1. The van der Waals surface area contributed by atoms with E-state index in [9.17, 15) is 8.42 Å². The van der Waals surface area contributed by atoms with Crippen LogP contribution in [0.4, 0.5) is 5.69 Å². The number of rotatable bonds is 6. The summed E-state index contributed by atoms with van der Waals surface area (Å²) in [5.41, 5.74) is 7.29. The number of hydrogen-bond donors (Lipinski definition) is 1. The summed E-state index contributed by atoms with van der Waals surface area (Å²) >= 11 is 0. The van der Waals surface area contributed by atoms with Crippen LogP contribution in [0.2, 0.25) is 0 Å². The summed E-state index contributed by atoms with van der Waals surface area (Å²) in [6, 6.07) is 16.7. The molecular weight excluding hydrogens is 270 g/mol. The lowest BCUT2D eigenvalue weighted by molar-refractivity contribution is 0.592. The second kappa shape index (κ2) is 6.57. The number of nitrogens with two attached hydrogens (primary N) is 1. The summed E-state index contributed by atoms with van der Waals surface area (Å²) in [6.07, 6.45) is 2.40. The van der Waals surface area contributed by atoms with Gasteiger partial charge < -0.3 is 5.73 Å². The van der Waals surface area contributed by atoms with E-state index in [0.29, 0.717) is 12.1 Å². The highest BCUT2D eigenvalue weighted by molar-refractivity contribution is 7.91. The number of hydrogen-bond acceptors (Lipinski definition) is 3. The standard InChI is InChI=1S/C16H19NO2S/c17-15-11-4-5-12-16(15)20(18,19)13-7-6-10-14-8-2-1-3-9-14/h1-5,8-9,11-12H,6-7,10,13,17H2. The number of para-hydroxylation sites is 1. The zero-order chi connectivity index (χ0) is 14.4. The van der Waals surface area contributed by atoms with Crippen molar-refractivity contribution in [1.29, 1.82) is 0 Å². The Morgan fingerprint density at radius 2 is 1.50 bits per heavy atom. The van der Waals surface area contributed by atoms with Crippen molar-refractivity contribution in [3.8, 4) is 0 Å². The number of benzene rings is 2. The Kier molecular flexibility index (Phi) is 4.79. The van der Waals surface area contributed by atoms with Crippen molar-refractivity contribution < 1.29 is 8.42 Å². The third-order valence-electron chi connectivity index (χ3n) is 3.23. The van der Waals surface area contributed by atoms with Crippen molar-refractivity contribution in [2.75, 3.05) is 11.5 Å². The van der Waals surface area contributed by atoms with Crippen LogP contribution in [0.5, 0.6) is 0 Å². The van der Waals surface area contributed by atoms with Crippen LogP contribution in [0, 0.1) is 0 Å². The number of anilines is 1. The predicted molar refractivity (Wildman–Crippen MR) is 82.3 cm³/mol. The molecule has 0 fully saturated rings. The Morgan fingerprint density at radius 1 is 0.850 bits per heavy atom. The van der Waals surface area contributed by atoms with E-state index in [0.717, 1.165) is 12.8 Å². The van der Waals surface area contributed by atoms with Gasteiger partial charge in [0.2, 0.25) is 0 Å². The zero-order valence-corrected chi connectivity index (χ0v) is 12.1. The van der Waals surface area contributed by atoms with Crippen molar-refractivity contribution in [2.24, 2.45) is 0 Å². The maximum Gasteiger partial charge on any atom is 0.180 e. The molecular formula is C16H19NO2S. The molecule has 0 spiro atoms. The van der Waals surface area contributed by atoms with Gasteiger partial charge in [-0.2, -0.15) is 0 Å². The summed E-state index contributed by atoms with van der Waals surface area (Å²) in [4.78, 5) is 0.250. The van der Waals surface area contributed by atoms with Gasteiger partial charge in [0.25, 0.3) is 0 Å². The van der Waals surface area contributed by atoms with Crippen molar-refractivity contribution in [1.82, 2.24) is 0 Å². The van der Waals surface area contributed by atoms with Gasteiger partial charge in [0.1, 0.15) is 0 Å². The van der Waals surface area contributed by atoms with E-state index < -0.39 is 9.84 Å². The maximum atomic E-state index is 12.2. The normalized spacial score (nSPS) is 11.4. The molecule has 0 saturated carbocycles. The lowest BCUT2D eigenvalue weighted by Crippen LogP contribution is -2.09. The average Bonchev–Trinajstić information content (AvgIpc) is 2.45. The van der Waals surface area contributed by atoms with Crippen molar-refractivity contribution in [3.63, 3.8) is 0 Å². The van der Waals surface area contributed by atoms with Gasteiger partial charge in [-0.05, 0) is 37.0 Å². The molecule has 0 radical (unpaired) electrons. The molecule has 0 amide bonds. The molecule has 0 heterocycles. The fourth-order valence-corrected chi connectivity index (χ4v) is 3.66. The molecule has 0 saturated heterocycles. The summed E-state index contributed by atoms with van der Waals surface area (Å²) < 4.78 is 24.4. The second-order valence-corrected chi connectivity index (χ2v) is 6.88. The molecule has 0 atom stereocenters. The Morgan fingerprint density at radius 3 is 2.20 bits per heavy atom. The van der Waals surface area contributed by atoms with Gasteiger partial charge in [0.05, 0.1) is 16.3 Å². The van der Waals surface area contributed by atoms with Gasteiger partial charge in [-0.1, -0.05) is 42.5 Å². The maximum absolute atomic E-state index is 12.2. The van der Waals surface area contributed by atoms with Crippen molar-refractivity contribution in [2.45, 2.75) is 24.2 Å². The Hall–Kier alpha value is -1.81. The zero-order valence-electron chi connectivity index (χ0n) is 11.3. The first kappa shape index (κ1) is 14.6. The molecule has 0 aromatic heterocycles. The SMILES string of the molecule is Nc1ccccc1S(=O)(=O)CCCCc1ccccc1. The first-order chi connectivity index (χ1) is 9.59. The van der Waals surface area contributed by atoms with Gasteiger partial charge in [-0.25, -0.2) is 8.42 Å². The van der Waals surface area contributed by atoms with Crippen LogP contribution in [-0.2, 0) is 16.3 Å². The van der Waals surface area contributed by atoms with Crippen LogP contribution in [0.1, 0.15) is 18.4 Å². The van der Waals surface area contributed by atoms with Crippen LogP contribution < -0.4 is 5.73 Å².